The fourth-order valence-corrected chi connectivity index (χ4v) is 3.92. The number of amides is 1. The molecule has 22 heavy (non-hydrogen) atoms. The standard InChI is InChI=1S/C16H14N3O3/c1-17-11-3-2-6-18-8-12(20)19(15(11)18)10-5-4-9-7-13(21)22-16(17)14(9)10/h2-3,6-7,16H,4-5,8H2,1H3/q+1. The number of nitrogens with zero attached hydrogens (tertiary/aromatic N) is 3. The van der Waals surface area contributed by atoms with Gasteiger partial charge in [0.25, 0.3) is 0 Å². The van der Waals surface area contributed by atoms with E-state index < -0.39 is 6.23 Å². The van der Waals surface area contributed by atoms with Crippen molar-refractivity contribution < 1.29 is 18.9 Å². The molecule has 6 heteroatoms. The molecule has 1 atom stereocenters. The summed E-state index contributed by atoms with van der Waals surface area (Å²) in [7, 11) is 1.91. The Bertz CT molecular complexity index is 824. The third-order valence-corrected chi connectivity index (χ3v) is 4.84. The lowest BCUT2D eigenvalue weighted by Gasteiger charge is -2.31. The Labute approximate surface area is 126 Å². The second kappa shape index (κ2) is 3.76. The summed E-state index contributed by atoms with van der Waals surface area (Å²) in [6.07, 6.45) is 4.59. The van der Waals surface area contributed by atoms with Crippen molar-refractivity contribution in [3.63, 3.8) is 0 Å². The number of allylic oxidation sites excluding steroid dienone is 1. The van der Waals surface area contributed by atoms with Crippen molar-refractivity contribution in [3.05, 3.63) is 41.2 Å². The minimum Gasteiger partial charge on any atom is -0.434 e. The molecule has 0 bridgehead atoms. The number of fused-ring (bicyclic) bond motifs is 1. The maximum absolute atomic E-state index is 12.6. The average Bonchev–Trinajstić information content (AvgIpc) is 3.01. The van der Waals surface area contributed by atoms with Gasteiger partial charge in [-0.2, -0.15) is 4.90 Å². The van der Waals surface area contributed by atoms with Crippen LogP contribution < -0.4 is 14.4 Å². The summed E-state index contributed by atoms with van der Waals surface area (Å²) in [6.45, 7) is 0.358. The fourth-order valence-electron chi connectivity index (χ4n) is 3.92. The molecular weight excluding hydrogens is 282 g/mol. The van der Waals surface area contributed by atoms with E-state index in [0.29, 0.717) is 6.54 Å². The molecule has 1 aliphatic carbocycles. The molecule has 0 fully saturated rings. The van der Waals surface area contributed by atoms with E-state index >= 15 is 0 Å². The zero-order chi connectivity index (χ0) is 15.0. The Morgan fingerprint density at radius 3 is 3.05 bits per heavy atom. The fraction of sp³-hybridized carbons (Fsp3) is 0.312. The van der Waals surface area contributed by atoms with Gasteiger partial charge in [-0.3, -0.25) is 0 Å². The second-order valence-electron chi connectivity index (χ2n) is 6.00. The van der Waals surface area contributed by atoms with Gasteiger partial charge in [-0.15, -0.1) is 0 Å². The third-order valence-electron chi connectivity index (χ3n) is 4.84. The summed E-state index contributed by atoms with van der Waals surface area (Å²) in [4.78, 5) is 28.2. The Morgan fingerprint density at radius 2 is 2.18 bits per heavy atom. The van der Waals surface area contributed by atoms with Crippen LogP contribution in [-0.2, 0) is 20.9 Å². The van der Waals surface area contributed by atoms with Gasteiger partial charge >= 0.3 is 17.7 Å². The van der Waals surface area contributed by atoms with Crippen LogP contribution in [-0.4, -0.2) is 25.2 Å². The predicted octanol–water partition coefficient (Wildman–Crippen LogP) is 0.628. The van der Waals surface area contributed by atoms with Crippen LogP contribution in [0, 0.1) is 0 Å². The van der Waals surface area contributed by atoms with Crippen LogP contribution in [0.5, 0.6) is 0 Å². The molecule has 1 unspecified atom stereocenters. The Morgan fingerprint density at radius 1 is 1.32 bits per heavy atom. The molecule has 0 saturated heterocycles. The van der Waals surface area contributed by atoms with Gasteiger partial charge in [-0.05, 0) is 24.1 Å². The molecule has 4 aliphatic rings. The number of carbonyl (C=O) groups is 2. The molecule has 1 aromatic heterocycles. The minimum atomic E-state index is -0.449. The van der Waals surface area contributed by atoms with Gasteiger partial charge in [0.05, 0.1) is 11.8 Å². The maximum atomic E-state index is 12.6. The monoisotopic (exact) mass is 296 g/mol. The van der Waals surface area contributed by atoms with Crippen LogP contribution in [0.2, 0.25) is 0 Å². The number of pyridine rings is 1. The van der Waals surface area contributed by atoms with Crippen LogP contribution in [0.4, 0.5) is 11.5 Å². The molecular formula is C16H14N3O3+. The first-order valence-corrected chi connectivity index (χ1v) is 7.38. The Kier molecular flexibility index (Phi) is 2.05. The van der Waals surface area contributed by atoms with Crippen LogP contribution in [0.15, 0.2) is 41.2 Å². The smallest absolute Gasteiger partial charge is 0.356 e. The van der Waals surface area contributed by atoms with Crippen molar-refractivity contribution in [1.82, 2.24) is 0 Å². The number of ether oxygens (including phenoxy) is 1. The largest absolute Gasteiger partial charge is 0.434 e. The first-order chi connectivity index (χ1) is 10.6. The molecule has 5 rings (SSSR count). The highest BCUT2D eigenvalue weighted by Gasteiger charge is 2.51. The lowest BCUT2D eigenvalue weighted by Crippen LogP contribution is -2.40. The molecule has 1 aromatic rings. The van der Waals surface area contributed by atoms with E-state index in [4.69, 9.17) is 4.74 Å². The van der Waals surface area contributed by atoms with Gasteiger partial charge < -0.3 is 9.64 Å². The highest BCUT2D eigenvalue weighted by molar-refractivity contribution is 6.01. The van der Waals surface area contributed by atoms with Gasteiger partial charge in [0.1, 0.15) is 11.4 Å². The van der Waals surface area contributed by atoms with Gasteiger partial charge in [0.2, 0.25) is 6.23 Å². The van der Waals surface area contributed by atoms with Crippen molar-refractivity contribution >= 4 is 23.4 Å². The topological polar surface area (TPSA) is 53.7 Å². The minimum absolute atomic E-state index is 0.0714. The molecule has 0 N–H and O–H groups in total. The van der Waals surface area contributed by atoms with E-state index in [2.05, 4.69) is 0 Å². The third kappa shape index (κ3) is 1.28. The number of hydrogen-bond acceptors (Lipinski definition) is 4. The van der Waals surface area contributed by atoms with E-state index in [-0.39, 0.29) is 11.9 Å². The number of carbonyl (C=O) groups excluding carboxylic acids is 2. The molecule has 110 valence electrons. The van der Waals surface area contributed by atoms with Crippen LogP contribution in [0.1, 0.15) is 12.8 Å². The lowest BCUT2D eigenvalue weighted by molar-refractivity contribution is -0.663. The zero-order valence-corrected chi connectivity index (χ0v) is 12.1. The zero-order valence-electron chi connectivity index (χ0n) is 12.1. The first kappa shape index (κ1) is 12.0. The lowest BCUT2D eigenvalue weighted by atomic mass is 10.0. The number of rotatable bonds is 0. The molecule has 0 aromatic carbocycles. The number of aromatic nitrogens is 1. The van der Waals surface area contributed by atoms with Crippen LogP contribution in [0.25, 0.3) is 0 Å². The quantitative estimate of drug-likeness (QED) is 0.520. The van der Waals surface area contributed by atoms with Crippen molar-refractivity contribution in [2.24, 2.45) is 0 Å². The van der Waals surface area contributed by atoms with Gasteiger partial charge in [0, 0.05) is 19.5 Å². The molecule has 1 amide bonds. The average molecular weight is 296 g/mol. The molecule has 3 aliphatic heterocycles. The normalized spacial score (nSPS) is 25.0. The molecule has 0 radical (unpaired) electrons. The van der Waals surface area contributed by atoms with Crippen LogP contribution >= 0.6 is 0 Å². The Balaban J connectivity index is 1.84. The van der Waals surface area contributed by atoms with Gasteiger partial charge in [-0.1, -0.05) is 0 Å². The van der Waals surface area contributed by atoms with Crippen molar-refractivity contribution in [3.8, 4) is 0 Å². The van der Waals surface area contributed by atoms with E-state index in [1.807, 2.05) is 39.7 Å². The highest BCUT2D eigenvalue weighted by atomic mass is 16.6. The summed E-state index contributed by atoms with van der Waals surface area (Å²) in [5.74, 6) is 0.644. The molecule has 0 saturated carbocycles. The number of anilines is 2. The van der Waals surface area contributed by atoms with E-state index in [9.17, 15) is 9.59 Å². The number of likely N-dealkylation sites (N-methyl/N-ethyl adjacent to an activating group) is 1. The second-order valence-corrected chi connectivity index (χ2v) is 6.00. The highest BCUT2D eigenvalue weighted by Crippen LogP contribution is 2.47. The maximum Gasteiger partial charge on any atom is 0.356 e. The molecule has 6 nitrogen and oxygen atoms in total. The Hall–Kier alpha value is -2.63. The number of esters is 1. The van der Waals surface area contributed by atoms with E-state index in [1.54, 1.807) is 6.08 Å². The van der Waals surface area contributed by atoms with E-state index in [1.165, 1.54) is 0 Å². The van der Waals surface area contributed by atoms with Crippen molar-refractivity contribution in [1.29, 1.82) is 0 Å². The van der Waals surface area contributed by atoms with Crippen LogP contribution in [0.3, 0.4) is 0 Å². The predicted molar refractivity (Wildman–Crippen MR) is 76.7 cm³/mol. The summed E-state index contributed by atoms with van der Waals surface area (Å²) in [6, 6.07) is 3.88. The van der Waals surface area contributed by atoms with Crippen molar-refractivity contribution in [2.75, 3.05) is 16.8 Å². The van der Waals surface area contributed by atoms with Gasteiger partial charge in [-0.25, -0.2) is 14.2 Å². The summed E-state index contributed by atoms with van der Waals surface area (Å²) >= 11 is 0. The molecule has 4 heterocycles. The summed E-state index contributed by atoms with van der Waals surface area (Å²) < 4.78 is 7.53. The summed E-state index contributed by atoms with van der Waals surface area (Å²) in [5, 5.41) is 0. The van der Waals surface area contributed by atoms with Crippen molar-refractivity contribution in [2.45, 2.75) is 25.6 Å². The summed E-state index contributed by atoms with van der Waals surface area (Å²) in [5.41, 5.74) is 3.88. The van der Waals surface area contributed by atoms with E-state index in [0.717, 1.165) is 41.2 Å². The molecule has 0 spiro atoms. The van der Waals surface area contributed by atoms with Gasteiger partial charge in [0.15, 0.2) is 6.54 Å². The number of hydrogen-bond donors (Lipinski definition) is 0. The SMILES string of the molecule is CN1c2ccc[n+]3c2N(C(=O)C3)C2=C3C(=CC(=O)OC31)CC2. The first-order valence-electron chi connectivity index (χ1n) is 7.38.